The van der Waals surface area contributed by atoms with Gasteiger partial charge in [-0.05, 0) is 36.4 Å². The molecule has 0 fully saturated rings. The predicted octanol–water partition coefficient (Wildman–Crippen LogP) is 3.93. The van der Waals surface area contributed by atoms with E-state index >= 15 is 0 Å². The van der Waals surface area contributed by atoms with E-state index in [1.807, 2.05) is 0 Å². The molecule has 0 heterocycles. The normalized spacial score (nSPS) is 9.25. The first-order valence-corrected chi connectivity index (χ1v) is 4.40. The van der Waals surface area contributed by atoms with Crippen LogP contribution in [-0.4, -0.2) is 0 Å². The molecule has 0 nitrogen and oxygen atoms in total. The van der Waals surface area contributed by atoms with Crippen LogP contribution in [0, 0.1) is 23.3 Å². The van der Waals surface area contributed by atoms with Crippen LogP contribution in [0.4, 0.5) is 17.6 Å². The first-order chi connectivity index (χ1) is 7.58. The topological polar surface area (TPSA) is 0 Å². The minimum absolute atomic E-state index is 0.411. The van der Waals surface area contributed by atoms with E-state index in [1.165, 1.54) is 18.2 Å². The molecule has 0 atom stereocenters. The number of benzene rings is 2. The van der Waals surface area contributed by atoms with Gasteiger partial charge in [0.05, 0.1) is 0 Å². The van der Waals surface area contributed by atoms with Crippen molar-refractivity contribution in [1.82, 2.24) is 0 Å². The van der Waals surface area contributed by atoms with Crippen molar-refractivity contribution in [1.29, 1.82) is 0 Å². The van der Waals surface area contributed by atoms with Crippen molar-refractivity contribution in [2.24, 2.45) is 0 Å². The average molecular weight is 228 g/mol. The fourth-order valence-electron chi connectivity index (χ4n) is 0.889. The summed E-state index contributed by atoms with van der Waals surface area (Å²) in [4.78, 5) is 0. The summed E-state index contributed by atoms with van der Waals surface area (Å²) in [5.74, 6) is -1.90. The van der Waals surface area contributed by atoms with Gasteiger partial charge in [-0.15, -0.1) is 0 Å². The highest BCUT2D eigenvalue weighted by atomic mass is 19.1. The van der Waals surface area contributed by atoms with E-state index in [9.17, 15) is 17.6 Å². The summed E-state index contributed by atoms with van der Waals surface area (Å²) in [6.07, 6.45) is 0. The lowest BCUT2D eigenvalue weighted by atomic mass is 10.3. The van der Waals surface area contributed by atoms with Crippen LogP contribution in [0.25, 0.3) is 0 Å². The summed E-state index contributed by atoms with van der Waals surface area (Å²) in [7, 11) is 0. The highest BCUT2D eigenvalue weighted by molar-refractivity contribution is 5.05. The minimum Gasteiger partial charge on any atom is -0.207 e. The molecule has 0 N–H and O–H groups in total. The molecule has 0 aliphatic heterocycles. The number of rotatable bonds is 0. The highest BCUT2D eigenvalue weighted by Crippen LogP contribution is 1.99. The lowest BCUT2D eigenvalue weighted by molar-refractivity contribution is 0.583. The number of hydrogen-bond donors (Lipinski definition) is 0. The van der Waals surface area contributed by atoms with Gasteiger partial charge in [-0.1, -0.05) is 6.07 Å². The van der Waals surface area contributed by atoms with E-state index in [4.69, 9.17) is 0 Å². The molecule has 16 heavy (non-hydrogen) atoms. The summed E-state index contributed by atoms with van der Waals surface area (Å²) in [5.41, 5.74) is 0. The second-order valence-electron chi connectivity index (χ2n) is 2.88. The van der Waals surface area contributed by atoms with Gasteiger partial charge in [0.2, 0.25) is 0 Å². The number of halogens is 4. The Hall–Kier alpha value is -1.84. The quantitative estimate of drug-likeness (QED) is 0.599. The monoisotopic (exact) mass is 228 g/mol. The van der Waals surface area contributed by atoms with Gasteiger partial charge in [0.1, 0.15) is 23.3 Å². The Labute approximate surface area is 90.2 Å². The molecular weight excluding hydrogens is 220 g/mol. The maximum atomic E-state index is 11.9. The van der Waals surface area contributed by atoms with Crippen LogP contribution < -0.4 is 0 Å². The fourth-order valence-corrected chi connectivity index (χ4v) is 0.889. The fraction of sp³-hybridized carbons (Fsp3) is 0. The summed E-state index contributed by atoms with van der Waals surface area (Å²) >= 11 is 0. The number of hydrogen-bond acceptors (Lipinski definition) is 0. The van der Waals surface area contributed by atoms with Gasteiger partial charge in [0, 0.05) is 6.07 Å². The molecule has 0 saturated carbocycles. The van der Waals surface area contributed by atoms with Crippen LogP contribution in [0.3, 0.4) is 0 Å². The summed E-state index contributed by atoms with van der Waals surface area (Å²) in [5, 5.41) is 0. The molecule has 0 aliphatic rings. The molecule has 0 aromatic heterocycles. The second kappa shape index (κ2) is 5.90. The van der Waals surface area contributed by atoms with Crippen molar-refractivity contribution in [3.8, 4) is 0 Å². The molecule has 2 aromatic carbocycles. The molecule has 2 aromatic rings. The molecule has 0 bridgehead atoms. The van der Waals surface area contributed by atoms with Crippen LogP contribution >= 0.6 is 0 Å². The highest BCUT2D eigenvalue weighted by Gasteiger charge is 1.88. The Morgan fingerprint density at radius 1 is 0.500 bits per heavy atom. The Kier molecular flexibility index (Phi) is 4.51. The first kappa shape index (κ1) is 12.2. The third-order valence-electron chi connectivity index (χ3n) is 1.59. The Balaban J connectivity index is 0.000000160. The van der Waals surface area contributed by atoms with Crippen LogP contribution in [0.15, 0.2) is 48.5 Å². The molecule has 0 saturated heterocycles. The van der Waals surface area contributed by atoms with Crippen molar-refractivity contribution in [3.05, 3.63) is 71.8 Å². The third-order valence-corrected chi connectivity index (χ3v) is 1.59. The Morgan fingerprint density at radius 3 is 1.12 bits per heavy atom. The van der Waals surface area contributed by atoms with E-state index in [0.717, 1.165) is 30.3 Å². The maximum Gasteiger partial charge on any atom is 0.126 e. The maximum absolute atomic E-state index is 11.9. The smallest absolute Gasteiger partial charge is 0.126 e. The van der Waals surface area contributed by atoms with E-state index in [1.54, 1.807) is 0 Å². The zero-order chi connectivity index (χ0) is 12.0. The van der Waals surface area contributed by atoms with Crippen molar-refractivity contribution in [2.75, 3.05) is 0 Å². The zero-order valence-electron chi connectivity index (χ0n) is 8.13. The summed E-state index contributed by atoms with van der Waals surface area (Å²) in [6, 6.07) is 8.87. The van der Waals surface area contributed by atoms with E-state index in [2.05, 4.69) is 0 Å². The van der Waals surface area contributed by atoms with Gasteiger partial charge in [-0.2, -0.15) is 0 Å². The van der Waals surface area contributed by atoms with Gasteiger partial charge in [-0.25, -0.2) is 17.6 Å². The molecule has 84 valence electrons. The first-order valence-electron chi connectivity index (χ1n) is 4.40. The minimum atomic E-state index is -0.537. The SMILES string of the molecule is Fc1ccc(F)cc1.Fc1cccc(F)c1. The van der Waals surface area contributed by atoms with Gasteiger partial charge in [0.25, 0.3) is 0 Å². The molecule has 0 unspecified atom stereocenters. The third kappa shape index (κ3) is 4.59. The standard InChI is InChI=1S/2C6H4F2/c7-5-1-2-6(8)4-3-5;7-5-2-1-3-6(8)4-5/h2*1-4H. The Bertz CT molecular complexity index is 399. The molecule has 0 amide bonds. The van der Waals surface area contributed by atoms with Gasteiger partial charge in [-0.3, -0.25) is 0 Å². The average Bonchev–Trinajstić information content (AvgIpc) is 2.23. The van der Waals surface area contributed by atoms with Crippen LogP contribution in [0.2, 0.25) is 0 Å². The van der Waals surface area contributed by atoms with E-state index in [0.29, 0.717) is 0 Å². The Morgan fingerprint density at radius 2 is 0.875 bits per heavy atom. The van der Waals surface area contributed by atoms with Crippen LogP contribution in [0.5, 0.6) is 0 Å². The van der Waals surface area contributed by atoms with Crippen molar-refractivity contribution in [2.45, 2.75) is 0 Å². The van der Waals surface area contributed by atoms with Crippen molar-refractivity contribution >= 4 is 0 Å². The van der Waals surface area contributed by atoms with Gasteiger partial charge in [0.15, 0.2) is 0 Å². The van der Waals surface area contributed by atoms with Crippen molar-refractivity contribution < 1.29 is 17.6 Å². The zero-order valence-corrected chi connectivity index (χ0v) is 8.13. The second-order valence-corrected chi connectivity index (χ2v) is 2.88. The molecule has 0 aliphatic carbocycles. The lowest BCUT2D eigenvalue weighted by Crippen LogP contribution is -1.73. The van der Waals surface area contributed by atoms with Gasteiger partial charge < -0.3 is 0 Å². The molecular formula is C12H8F4. The predicted molar refractivity (Wildman–Crippen MR) is 52.7 cm³/mol. The molecule has 0 spiro atoms. The van der Waals surface area contributed by atoms with E-state index in [-0.39, 0.29) is 0 Å². The summed E-state index contributed by atoms with van der Waals surface area (Å²) in [6.45, 7) is 0. The lowest BCUT2D eigenvalue weighted by Gasteiger charge is -1.84. The van der Waals surface area contributed by atoms with Crippen molar-refractivity contribution in [3.63, 3.8) is 0 Å². The molecule has 2 rings (SSSR count). The molecule has 0 radical (unpaired) electrons. The summed E-state index contributed by atoms with van der Waals surface area (Å²) < 4.78 is 47.7. The van der Waals surface area contributed by atoms with E-state index < -0.39 is 23.3 Å². The van der Waals surface area contributed by atoms with Crippen LogP contribution in [0.1, 0.15) is 0 Å². The largest absolute Gasteiger partial charge is 0.207 e. The van der Waals surface area contributed by atoms with Crippen LogP contribution in [-0.2, 0) is 0 Å². The molecule has 4 heteroatoms. The van der Waals surface area contributed by atoms with Gasteiger partial charge >= 0.3 is 0 Å².